The highest BCUT2D eigenvalue weighted by Crippen LogP contribution is 2.13. The molecule has 0 bridgehead atoms. The Morgan fingerprint density at radius 1 is 1.20 bits per heavy atom. The average molecular weight is 204 g/mol. The summed E-state index contributed by atoms with van der Waals surface area (Å²) in [6.45, 7) is 6.93. The van der Waals surface area contributed by atoms with E-state index in [-0.39, 0.29) is 0 Å². The molecule has 1 atom stereocenters. The highest BCUT2D eigenvalue weighted by molar-refractivity contribution is 4.96. The second-order valence-corrected chi connectivity index (χ2v) is 4.06. The second-order valence-electron chi connectivity index (χ2n) is 4.06. The lowest BCUT2D eigenvalue weighted by molar-refractivity contribution is 0.0889. The molecule has 1 fully saturated rings. The van der Waals surface area contributed by atoms with Gasteiger partial charge in [0.2, 0.25) is 0 Å². The SMILES string of the molecule is C#CCN1CCN(CC#C)[C@H](CCC)C1. The Hall–Kier alpha value is -0.960. The minimum Gasteiger partial charge on any atom is -0.290 e. The van der Waals surface area contributed by atoms with Crippen LogP contribution < -0.4 is 0 Å². The lowest BCUT2D eigenvalue weighted by Crippen LogP contribution is -2.53. The van der Waals surface area contributed by atoms with Gasteiger partial charge in [-0.25, -0.2) is 0 Å². The molecule has 0 aromatic carbocycles. The first kappa shape index (κ1) is 12.1. The smallest absolute Gasteiger partial charge is 0.0602 e. The molecule has 0 N–H and O–H groups in total. The first-order valence-electron chi connectivity index (χ1n) is 5.65. The highest BCUT2D eigenvalue weighted by Gasteiger charge is 2.24. The molecule has 0 unspecified atom stereocenters. The Morgan fingerprint density at radius 3 is 2.53 bits per heavy atom. The monoisotopic (exact) mass is 204 g/mol. The Balaban J connectivity index is 2.50. The van der Waals surface area contributed by atoms with Crippen LogP contribution >= 0.6 is 0 Å². The predicted octanol–water partition coefficient (Wildman–Crippen LogP) is 1.04. The molecule has 0 aromatic rings. The number of piperazine rings is 1. The van der Waals surface area contributed by atoms with E-state index in [0.29, 0.717) is 6.04 Å². The van der Waals surface area contributed by atoms with Gasteiger partial charge in [0.05, 0.1) is 13.1 Å². The van der Waals surface area contributed by atoms with E-state index >= 15 is 0 Å². The van der Waals surface area contributed by atoms with Crippen LogP contribution in [0.3, 0.4) is 0 Å². The maximum absolute atomic E-state index is 5.37. The van der Waals surface area contributed by atoms with Gasteiger partial charge < -0.3 is 0 Å². The van der Waals surface area contributed by atoms with Crippen molar-refractivity contribution >= 4 is 0 Å². The first-order chi connectivity index (χ1) is 7.31. The number of nitrogens with zero attached hydrogens (tertiary/aromatic N) is 2. The minimum atomic E-state index is 0.591. The molecule has 0 saturated carbocycles. The summed E-state index contributed by atoms with van der Waals surface area (Å²) in [5.41, 5.74) is 0. The second kappa shape index (κ2) is 6.51. The third-order valence-electron chi connectivity index (χ3n) is 2.92. The van der Waals surface area contributed by atoms with Crippen LogP contribution in [0.15, 0.2) is 0 Å². The zero-order chi connectivity index (χ0) is 11.1. The molecular weight excluding hydrogens is 184 g/mol. The molecule has 82 valence electrons. The summed E-state index contributed by atoms with van der Waals surface area (Å²) in [4.78, 5) is 4.74. The fraction of sp³-hybridized carbons (Fsp3) is 0.692. The Kier molecular flexibility index (Phi) is 5.26. The van der Waals surface area contributed by atoms with Crippen molar-refractivity contribution in [1.82, 2.24) is 9.80 Å². The summed E-state index contributed by atoms with van der Waals surface area (Å²) >= 11 is 0. The Bertz CT molecular complexity index is 259. The van der Waals surface area contributed by atoms with Crippen molar-refractivity contribution in [1.29, 1.82) is 0 Å². The van der Waals surface area contributed by atoms with Gasteiger partial charge in [-0.2, -0.15) is 0 Å². The van der Waals surface area contributed by atoms with Gasteiger partial charge in [0.25, 0.3) is 0 Å². The minimum absolute atomic E-state index is 0.591. The third kappa shape index (κ3) is 3.59. The van der Waals surface area contributed by atoms with Crippen LogP contribution in [-0.2, 0) is 0 Å². The van der Waals surface area contributed by atoms with E-state index in [1.54, 1.807) is 0 Å². The zero-order valence-electron chi connectivity index (χ0n) is 9.58. The molecule has 1 saturated heterocycles. The van der Waals surface area contributed by atoms with Gasteiger partial charge in [-0.15, -0.1) is 12.8 Å². The standard InChI is InChI=1S/C13H20N2/c1-4-7-13-12-14(8-5-2)10-11-15(13)9-6-3/h2-3,13H,4,7-12H2,1H3/t13-/m1/s1. The summed E-state index contributed by atoms with van der Waals surface area (Å²) in [6.07, 6.45) is 13.1. The van der Waals surface area contributed by atoms with Crippen LogP contribution in [0.25, 0.3) is 0 Å². The van der Waals surface area contributed by atoms with Crippen LogP contribution in [0.2, 0.25) is 0 Å². The van der Waals surface area contributed by atoms with Crippen molar-refractivity contribution in [3.05, 3.63) is 0 Å². The predicted molar refractivity (Wildman–Crippen MR) is 64.4 cm³/mol. The third-order valence-corrected chi connectivity index (χ3v) is 2.92. The molecule has 2 heteroatoms. The molecule has 0 amide bonds. The number of terminal acetylenes is 2. The molecule has 1 rings (SSSR count). The molecule has 0 aromatic heterocycles. The van der Waals surface area contributed by atoms with Gasteiger partial charge >= 0.3 is 0 Å². The maximum Gasteiger partial charge on any atom is 0.0602 e. The van der Waals surface area contributed by atoms with Gasteiger partial charge in [0.15, 0.2) is 0 Å². The maximum atomic E-state index is 5.37. The van der Waals surface area contributed by atoms with Gasteiger partial charge in [-0.05, 0) is 6.42 Å². The van der Waals surface area contributed by atoms with Crippen LogP contribution in [0, 0.1) is 24.7 Å². The van der Waals surface area contributed by atoms with Gasteiger partial charge in [0.1, 0.15) is 0 Å². The van der Waals surface area contributed by atoms with E-state index in [2.05, 4.69) is 28.6 Å². The number of hydrogen-bond acceptors (Lipinski definition) is 2. The lowest BCUT2D eigenvalue weighted by atomic mass is 10.1. The van der Waals surface area contributed by atoms with Crippen molar-refractivity contribution in [2.24, 2.45) is 0 Å². The van der Waals surface area contributed by atoms with E-state index < -0.39 is 0 Å². The van der Waals surface area contributed by atoms with Crippen LogP contribution in [0.1, 0.15) is 19.8 Å². The van der Waals surface area contributed by atoms with E-state index in [0.717, 1.165) is 32.7 Å². The molecule has 0 spiro atoms. The van der Waals surface area contributed by atoms with Crippen molar-refractivity contribution in [2.75, 3.05) is 32.7 Å². The summed E-state index contributed by atoms with van der Waals surface area (Å²) in [5, 5.41) is 0. The largest absolute Gasteiger partial charge is 0.290 e. The van der Waals surface area contributed by atoms with Crippen molar-refractivity contribution in [2.45, 2.75) is 25.8 Å². The van der Waals surface area contributed by atoms with Gasteiger partial charge in [-0.3, -0.25) is 9.80 Å². The van der Waals surface area contributed by atoms with Crippen LogP contribution in [-0.4, -0.2) is 48.6 Å². The first-order valence-corrected chi connectivity index (χ1v) is 5.65. The molecule has 2 nitrogen and oxygen atoms in total. The normalized spacial score (nSPS) is 23.3. The summed E-state index contributed by atoms with van der Waals surface area (Å²) in [7, 11) is 0. The highest BCUT2D eigenvalue weighted by atomic mass is 15.3. The molecule has 1 aliphatic heterocycles. The van der Waals surface area contributed by atoms with Crippen LogP contribution in [0.4, 0.5) is 0 Å². The fourth-order valence-electron chi connectivity index (χ4n) is 2.16. The van der Waals surface area contributed by atoms with Crippen molar-refractivity contribution < 1.29 is 0 Å². The van der Waals surface area contributed by atoms with Crippen LogP contribution in [0.5, 0.6) is 0 Å². The summed E-state index contributed by atoms with van der Waals surface area (Å²) < 4.78 is 0. The quantitative estimate of drug-likeness (QED) is 0.631. The lowest BCUT2D eigenvalue weighted by Gasteiger charge is -2.40. The van der Waals surface area contributed by atoms with Gasteiger partial charge in [0, 0.05) is 25.7 Å². The Morgan fingerprint density at radius 2 is 1.93 bits per heavy atom. The zero-order valence-corrected chi connectivity index (χ0v) is 9.58. The number of rotatable bonds is 4. The molecule has 15 heavy (non-hydrogen) atoms. The summed E-state index contributed by atoms with van der Waals surface area (Å²) in [5.74, 6) is 5.45. The van der Waals surface area contributed by atoms with E-state index in [1.165, 1.54) is 12.8 Å². The van der Waals surface area contributed by atoms with Crippen molar-refractivity contribution in [3.63, 3.8) is 0 Å². The molecule has 0 radical (unpaired) electrons. The number of hydrogen-bond donors (Lipinski definition) is 0. The van der Waals surface area contributed by atoms with Gasteiger partial charge in [-0.1, -0.05) is 25.2 Å². The molecular formula is C13H20N2. The Labute approximate surface area is 93.6 Å². The van der Waals surface area contributed by atoms with E-state index in [1.807, 2.05) is 0 Å². The van der Waals surface area contributed by atoms with Crippen molar-refractivity contribution in [3.8, 4) is 24.7 Å². The molecule has 1 aliphatic rings. The fourth-order valence-corrected chi connectivity index (χ4v) is 2.16. The average Bonchev–Trinajstić information content (AvgIpc) is 2.23. The molecule has 1 heterocycles. The summed E-state index contributed by atoms with van der Waals surface area (Å²) in [6, 6.07) is 0.591. The van der Waals surface area contributed by atoms with E-state index in [9.17, 15) is 0 Å². The topological polar surface area (TPSA) is 6.48 Å². The molecule has 0 aliphatic carbocycles. The van der Waals surface area contributed by atoms with E-state index in [4.69, 9.17) is 12.8 Å².